The van der Waals surface area contributed by atoms with E-state index in [4.69, 9.17) is 0 Å². The zero-order valence-corrected chi connectivity index (χ0v) is 20.5. The third-order valence-electron chi connectivity index (χ3n) is 5.94. The van der Waals surface area contributed by atoms with Gasteiger partial charge in [-0.1, -0.05) is 91.5 Å². The lowest BCUT2D eigenvalue weighted by Gasteiger charge is -2.22. The van der Waals surface area contributed by atoms with Crippen molar-refractivity contribution in [3.05, 3.63) is 119 Å². The lowest BCUT2D eigenvalue weighted by Crippen LogP contribution is -2.22. The second-order valence-electron chi connectivity index (χ2n) is 8.28. The average Bonchev–Trinajstić information content (AvgIpc) is 2.87. The molecule has 0 bridgehead atoms. The number of benzene rings is 4. The van der Waals surface area contributed by atoms with E-state index >= 15 is 0 Å². The van der Waals surface area contributed by atoms with Gasteiger partial charge in [0, 0.05) is 41.8 Å². The van der Waals surface area contributed by atoms with Crippen LogP contribution >= 0.6 is 23.5 Å². The summed E-state index contributed by atoms with van der Waals surface area (Å²) in [5.74, 6) is -0.163. The van der Waals surface area contributed by atoms with Gasteiger partial charge in [-0.3, -0.25) is 9.59 Å². The van der Waals surface area contributed by atoms with Crippen molar-refractivity contribution in [2.24, 2.45) is 0 Å². The van der Waals surface area contributed by atoms with E-state index in [-0.39, 0.29) is 11.6 Å². The van der Waals surface area contributed by atoms with Crippen molar-refractivity contribution in [3.63, 3.8) is 0 Å². The Morgan fingerprint density at radius 2 is 1.12 bits per heavy atom. The highest BCUT2D eigenvalue weighted by molar-refractivity contribution is 7.99. The molecule has 0 saturated heterocycles. The maximum Gasteiger partial charge on any atom is 0.195 e. The Bertz CT molecular complexity index is 1360. The van der Waals surface area contributed by atoms with Crippen LogP contribution in [0.25, 0.3) is 0 Å². The summed E-state index contributed by atoms with van der Waals surface area (Å²) in [5, 5.41) is 0. The summed E-state index contributed by atoms with van der Waals surface area (Å²) in [6.07, 6.45) is 3.43. The van der Waals surface area contributed by atoms with Crippen molar-refractivity contribution in [2.75, 3.05) is 0 Å². The van der Waals surface area contributed by atoms with E-state index in [2.05, 4.69) is 31.2 Å². The minimum atomic E-state index is -0.0824. The molecule has 4 aromatic carbocycles. The number of carbonyl (C=O) groups excluding carboxylic acids is 2. The number of hydrogen-bond donors (Lipinski definition) is 0. The Hall–Kier alpha value is -3.08. The van der Waals surface area contributed by atoms with Crippen molar-refractivity contribution < 1.29 is 9.59 Å². The molecule has 0 aromatic heterocycles. The SMILES string of the molecule is CCCCc1ccc(Sc2cccc3c2C(=O)c2cccc(Sc4ccccc4)c2C3=O)cc1. The van der Waals surface area contributed by atoms with Gasteiger partial charge in [0.05, 0.1) is 0 Å². The Morgan fingerprint density at radius 1 is 0.588 bits per heavy atom. The first-order valence-electron chi connectivity index (χ1n) is 11.5. The number of ketones is 2. The van der Waals surface area contributed by atoms with Crippen LogP contribution in [0.1, 0.15) is 57.2 Å². The fourth-order valence-electron chi connectivity index (χ4n) is 4.20. The zero-order chi connectivity index (χ0) is 23.5. The van der Waals surface area contributed by atoms with Crippen LogP contribution in [0.4, 0.5) is 0 Å². The van der Waals surface area contributed by atoms with Crippen LogP contribution in [-0.4, -0.2) is 11.6 Å². The molecule has 0 unspecified atom stereocenters. The van der Waals surface area contributed by atoms with Crippen LogP contribution in [-0.2, 0) is 6.42 Å². The summed E-state index contributed by atoms with van der Waals surface area (Å²) in [6.45, 7) is 2.20. The van der Waals surface area contributed by atoms with Gasteiger partial charge in [0.15, 0.2) is 11.6 Å². The molecule has 0 fully saturated rings. The summed E-state index contributed by atoms with van der Waals surface area (Å²) in [7, 11) is 0. The number of fused-ring (bicyclic) bond motifs is 2. The summed E-state index contributed by atoms with van der Waals surface area (Å²) in [5.41, 5.74) is 3.33. The van der Waals surface area contributed by atoms with Gasteiger partial charge < -0.3 is 0 Å². The normalized spacial score (nSPS) is 12.4. The molecule has 2 nitrogen and oxygen atoms in total. The first-order valence-corrected chi connectivity index (χ1v) is 13.1. The highest BCUT2D eigenvalue weighted by Crippen LogP contribution is 2.41. The van der Waals surface area contributed by atoms with Crippen LogP contribution in [0.2, 0.25) is 0 Å². The van der Waals surface area contributed by atoms with Crippen LogP contribution < -0.4 is 0 Å². The monoisotopic (exact) mass is 480 g/mol. The molecule has 1 aliphatic carbocycles. The number of rotatable bonds is 7. The van der Waals surface area contributed by atoms with Crippen LogP contribution in [0.15, 0.2) is 111 Å². The minimum Gasteiger partial charge on any atom is -0.289 e. The molecule has 0 amide bonds. The summed E-state index contributed by atoms with van der Waals surface area (Å²) in [4.78, 5) is 31.0. The third-order valence-corrected chi connectivity index (χ3v) is 8.07. The summed E-state index contributed by atoms with van der Waals surface area (Å²) >= 11 is 3.06. The molecule has 0 N–H and O–H groups in total. The third kappa shape index (κ3) is 4.48. The zero-order valence-electron chi connectivity index (χ0n) is 18.9. The fourth-order valence-corrected chi connectivity index (χ4v) is 6.17. The lowest BCUT2D eigenvalue weighted by molar-refractivity contribution is 0.0974. The highest BCUT2D eigenvalue weighted by Gasteiger charge is 2.33. The molecule has 1 aliphatic rings. The summed E-state index contributed by atoms with van der Waals surface area (Å²) in [6, 6.07) is 29.6. The van der Waals surface area contributed by atoms with E-state index in [1.807, 2.05) is 54.6 Å². The van der Waals surface area contributed by atoms with E-state index in [0.29, 0.717) is 22.3 Å². The molecular weight excluding hydrogens is 456 g/mol. The van der Waals surface area contributed by atoms with E-state index in [0.717, 1.165) is 26.0 Å². The van der Waals surface area contributed by atoms with E-state index in [9.17, 15) is 9.59 Å². The Kier molecular flexibility index (Phi) is 6.70. The van der Waals surface area contributed by atoms with Gasteiger partial charge in [-0.15, -0.1) is 0 Å². The molecule has 4 aromatic rings. The molecule has 34 heavy (non-hydrogen) atoms. The first kappa shape index (κ1) is 22.7. The largest absolute Gasteiger partial charge is 0.289 e. The second kappa shape index (κ2) is 10.0. The fraction of sp³-hybridized carbons (Fsp3) is 0.133. The molecule has 0 aliphatic heterocycles. The highest BCUT2D eigenvalue weighted by atomic mass is 32.2. The molecule has 4 heteroatoms. The Labute approximate surface area is 208 Å². The van der Waals surface area contributed by atoms with Crippen LogP contribution in [0.5, 0.6) is 0 Å². The quantitative estimate of drug-likeness (QED) is 0.236. The predicted molar refractivity (Wildman–Crippen MR) is 139 cm³/mol. The topological polar surface area (TPSA) is 34.1 Å². The van der Waals surface area contributed by atoms with E-state index in [1.54, 1.807) is 23.9 Å². The number of hydrogen-bond acceptors (Lipinski definition) is 4. The van der Waals surface area contributed by atoms with Gasteiger partial charge >= 0.3 is 0 Å². The van der Waals surface area contributed by atoms with E-state index < -0.39 is 0 Å². The molecule has 0 saturated carbocycles. The molecule has 0 spiro atoms. The van der Waals surface area contributed by atoms with Crippen molar-refractivity contribution in [1.82, 2.24) is 0 Å². The molecule has 0 heterocycles. The van der Waals surface area contributed by atoms with Crippen molar-refractivity contribution >= 4 is 35.1 Å². The van der Waals surface area contributed by atoms with Crippen LogP contribution in [0, 0.1) is 0 Å². The minimum absolute atomic E-state index is 0.0808. The smallest absolute Gasteiger partial charge is 0.195 e. The lowest BCUT2D eigenvalue weighted by atomic mass is 9.84. The predicted octanol–water partition coefficient (Wildman–Crippen LogP) is 8.11. The van der Waals surface area contributed by atoms with Crippen molar-refractivity contribution in [2.45, 2.75) is 45.8 Å². The van der Waals surface area contributed by atoms with Gasteiger partial charge in [-0.2, -0.15) is 0 Å². The molecule has 168 valence electrons. The van der Waals surface area contributed by atoms with Gasteiger partial charge in [0.2, 0.25) is 0 Å². The summed E-state index contributed by atoms with van der Waals surface area (Å²) < 4.78 is 0. The maximum absolute atomic E-state index is 13.7. The van der Waals surface area contributed by atoms with Gasteiger partial charge in [-0.05, 0) is 54.8 Å². The van der Waals surface area contributed by atoms with Crippen molar-refractivity contribution in [1.29, 1.82) is 0 Å². The number of unbranched alkanes of at least 4 members (excludes halogenated alkanes) is 1. The average molecular weight is 481 g/mol. The molecular formula is C30H24O2S2. The van der Waals surface area contributed by atoms with Gasteiger partial charge in [0.1, 0.15) is 0 Å². The maximum atomic E-state index is 13.7. The first-order chi connectivity index (χ1) is 16.7. The number of carbonyl (C=O) groups is 2. The molecule has 0 radical (unpaired) electrons. The number of aryl methyl sites for hydroxylation is 1. The Balaban J connectivity index is 1.49. The Morgan fingerprint density at radius 3 is 1.65 bits per heavy atom. The second-order valence-corrected chi connectivity index (χ2v) is 10.5. The molecule has 0 atom stereocenters. The van der Waals surface area contributed by atoms with Gasteiger partial charge in [0.25, 0.3) is 0 Å². The van der Waals surface area contributed by atoms with Crippen molar-refractivity contribution in [3.8, 4) is 0 Å². The van der Waals surface area contributed by atoms with Crippen LogP contribution in [0.3, 0.4) is 0 Å². The standard InChI is InChI=1S/C30H24O2S2/c1-2-3-9-20-16-18-22(19-17-20)34-26-15-8-13-24-28(26)30(32)23-12-7-14-25(27(23)29(24)31)33-21-10-5-4-6-11-21/h4-8,10-19H,2-3,9H2,1H3. The van der Waals surface area contributed by atoms with Gasteiger partial charge in [-0.25, -0.2) is 0 Å². The van der Waals surface area contributed by atoms with E-state index in [1.165, 1.54) is 30.2 Å². The molecule has 5 rings (SSSR count).